The fourth-order valence-electron chi connectivity index (χ4n) is 2.77. The highest BCUT2D eigenvalue weighted by Crippen LogP contribution is 2.21. The molecule has 1 amide bonds. The fourth-order valence-corrected chi connectivity index (χ4v) is 2.77. The van der Waals surface area contributed by atoms with Crippen LogP contribution in [0.2, 0.25) is 0 Å². The van der Waals surface area contributed by atoms with Gasteiger partial charge in [0.15, 0.2) is 0 Å². The number of hydrogen-bond acceptors (Lipinski definition) is 5. The quantitative estimate of drug-likeness (QED) is 0.859. The second kappa shape index (κ2) is 7.13. The Morgan fingerprint density at radius 2 is 2.00 bits per heavy atom. The van der Waals surface area contributed by atoms with Crippen molar-refractivity contribution in [3.8, 4) is 0 Å². The smallest absolute Gasteiger partial charge is 0.408 e. The Hall–Kier alpha value is -2.57. The summed E-state index contributed by atoms with van der Waals surface area (Å²) >= 11 is 0. The van der Waals surface area contributed by atoms with E-state index < -0.39 is 23.7 Å². The molecule has 7 nitrogen and oxygen atoms in total. The predicted octanol–water partition coefficient (Wildman–Crippen LogP) is 2.49. The van der Waals surface area contributed by atoms with E-state index in [1.54, 1.807) is 27.0 Å². The van der Waals surface area contributed by atoms with Crippen molar-refractivity contribution < 1.29 is 19.1 Å². The number of hydrogen-bond donors (Lipinski definition) is 1. The largest absolute Gasteiger partial charge is 0.467 e. The molecule has 1 aromatic carbocycles. The topological polar surface area (TPSA) is 82.5 Å². The van der Waals surface area contributed by atoms with Crippen LogP contribution in [0.5, 0.6) is 0 Å². The lowest BCUT2D eigenvalue weighted by molar-refractivity contribution is -0.143. The summed E-state index contributed by atoms with van der Waals surface area (Å²) in [5.74, 6) is -0.519. The third-order valence-electron chi connectivity index (χ3n) is 3.70. The molecule has 7 heteroatoms. The van der Waals surface area contributed by atoms with Gasteiger partial charge in [-0.3, -0.25) is 4.68 Å². The van der Waals surface area contributed by atoms with Crippen LogP contribution >= 0.6 is 0 Å². The van der Waals surface area contributed by atoms with Crippen LogP contribution in [0.15, 0.2) is 18.3 Å². The summed E-state index contributed by atoms with van der Waals surface area (Å²) < 4.78 is 11.8. The Morgan fingerprint density at radius 3 is 2.60 bits per heavy atom. The Morgan fingerprint density at radius 1 is 1.32 bits per heavy atom. The van der Waals surface area contributed by atoms with Crippen LogP contribution < -0.4 is 5.32 Å². The number of ether oxygens (including phenoxy) is 2. The molecule has 2 rings (SSSR count). The lowest BCUT2D eigenvalue weighted by atomic mass is 10.0. The summed E-state index contributed by atoms with van der Waals surface area (Å²) in [6.45, 7) is 7.28. The molecule has 0 saturated heterocycles. The number of alkyl carbamates (subject to hydrolysis) is 1. The van der Waals surface area contributed by atoms with Crippen LogP contribution in [0.4, 0.5) is 4.79 Å². The highest BCUT2D eigenvalue weighted by molar-refractivity contribution is 5.84. The Labute approximate surface area is 147 Å². The van der Waals surface area contributed by atoms with E-state index in [4.69, 9.17) is 9.47 Å². The Bertz CT molecular complexity index is 789. The van der Waals surface area contributed by atoms with E-state index >= 15 is 0 Å². The molecule has 136 valence electrons. The van der Waals surface area contributed by atoms with Crippen molar-refractivity contribution in [2.45, 2.75) is 45.8 Å². The normalized spacial score (nSPS) is 12.7. The molecule has 1 heterocycles. The van der Waals surface area contributed by atoms with Gasteiger partial charge in [-0.2, -0.15) is 5.10 Å². The maximum Gasteiger partial charge on any atom is 0.408 e. The fraction of sp³-hybridized carbons (Fsp3) is 0.500. The number of rotatable bonds is 4. The number of methoxy groups -OCH3 is 1. The molecule has 0 saturated carbocycles. The molecule has 1 N–H and O–H groups in total. The number of benzene rings is 1. The van der Waals surface area contributed by atoms with Gasteiger partial charge in [0, 0.05) is 18.9 Å². The average Bonchev–Trinajstić information content (AvgIpc) is 2.85. The van der Waals surface area contributed by atoms with Crippen molar-refractivity contribution in [2.75, 3.05) is 7.11 Å². The minimum atomic E-state index is -0.826. The maximum atomic E-state index is 12.1. The van der Waals surface area contributed by atoms with Crippen LogP contribution in [-0.2, 0) is 27.7 Å². The summed E-state index contributed by atoms with van der Waals surface area (Å²) in [5, 5.41) is 7.83. The molecule has 0 aliphatic rings. The van der Waals surface area contributed by atoms with Crippen molar-refractivity contribution in [1.29, 1.82) is 0 Å². The molecule has 0 bridgehead atoms. The van der Waals surface area contributed by atoms with Gasteiger partial charge < -0.3 is 14.8 Å². The molecule has 1 atom stereocenters. The van der Waals surface area contributed by atoms with E-state index in [1.807, 2.05) is 30.8 Å². The van der Waals surface area contributed by atoms with Gasteiger partial charge in [-0.1, -0.05) is 6.07 Å². The number of amides is 1. The predicted molar refractivity (Wildman–Crippen MR) is 94.3 cm³/mol. The highest BCUT2D eigenvalue weighted by Gasteiger charge is 2.25. The SMILES string of the molecule is COC(=O)[C@@H](Cc1cc(C)c2c(cnn2C)c1)NC(=O)OC(C)(C)C. The third kappa shape index (κ3) is 4.71. The molecule has 0 fully saturated rings. The van der Waals surface area contributed by atoms with E-state index in [0.29, 0.717) is 6.42 Å². The first-order valence-corrected chi connectivity index (χ1v) is 8.09. The summed E-state index contributed by atoms with van der Waals surface area (Å²) in [5.41, 5.74) is 2.35. The van der Waals surface area contributed by atoms with Crippen molar-refractivity contribution in [1.82, 2.24) is 15.1 Å². The first-order chi connectivity index (χ1) is 11.6. The van der Waals surface area contributed by atoms with Gasteiger partial charge in [0.1, 0.15) is 11.6 Å². The highest BCUT2D eigenvalue weighted by atomic mass is 16.6. The second-order valence-electron chi connectivity index (χ2n) is 7.04. The molecule has 0 radical (unpaired) electrons. The zero-order valence-corrected chi connectivity index (χ0v) is 15.5. The number of carbonyl (C=O) groups excluding carboxylic acids is 2. The second-order valence-corrected chi connectivity index (χ2v) is 7.04. The summed E-state index contributed by atoms with van der Waals surface area (Å²) in [6, 6.07) is 3.12. The lowest BCUT2D eigenvalue weighted by Gasteiger charge is -2.22. The number of aromatic nitrogens is 2. The van der Waals surface area contributed by atoms with Crippen molar-refractivity contribution in [3.63, 3.8) is 0 Å². The molecule has 2 aromatic rings. The number of carbonyl (C=O) groups is 2. The molecule has 0 unspecified atom stereocenters. The average molecular weight is 347 g/mol. The zero-order valence-electron chi connectivity index (χ0n) is 15.5. The van der Waals surface area contributed by atoms with Crippen molar-refractivity contribution in [3.05, 3.63) is 29.5 Å². The molecule has 1 aromatic heterocycles. The standard InChI is InChI=1S/C18H25N3O4/c1-11-7-12(8-13-10-19-21(5)15(11)13)9-14(16(22)24-6)20-17(23)25-18(2,3)4/h7-8,10,14H,9H2,1-6H3,(H,20,23)/t14-/m1/s1. The van der Waals surface area contributed by atoms with E-state index in [1.165, 1.54) is 7.11 Å². The van der Waals surface area contributed by atoms with Crippen LogP contribution in [0.25, 0.3) is 10.9 Å². The summed E-state index contributed by atoms with van der Waals surface area (Å²) in [4.78, 5) is 24.1. The van der Waals surface area contributed by atoms with Crippen LogP contribution in [0, 0.1) is 6.92 Å². The maximum absolute atomic E-state index is 12.1. The Kier molecular flexibility index (Phi) is 5.35. The summed E-state index contributed by atoms with van der Waals surface area (Å²) in [6.07, 6.45) is 1.43. The molecular formula is C18H25N3O4. The van der Waals surface area contributed by atoms with Gasteiger partial charge in [-0.15, -0.1) is 0 Å². The first-order valence-electron chi connectivity index (χ1n) is 8.09. The molecular weight excluding hydrogens is 322 g/mol. The summed E-state index contributed by atoms with van der Waals surface area (Å²) in [7, 11) is 3.18. The van der Waals surface area contributed by atoms with Gasteiger partial charge in [0.05, 0.1) is 18.8 Å². The monoisotopic (exact) mass is 347 g/mol. The Balaban J connectivity index is 2.22. The molecule has 0 aliphatic heterocycles. The number of esters is 1. The minimum absolute atomic E-state index is 0.303. The number of nitrogens with zero attached hydrogens (tertiary/aromatic N) is 2. The number of fused-ring (bicyclic) bond motifs is 1. The van der Waals surface area contributed by atoms with Crippen LogP contribution in [0.1, 0.15) is 31.9 Å². The van der Waals surface area contributed by atoms with E-state index in [2.05, 4.69) is 10.4 Å². The first kappa shape index (κ1) is 18.8. The van der Waals surface area contributed by atoms with Gasteiger partial charge in [-0.05, 0) is 44.9 Å². The van der Waals surface area contributed by atoms with Gasteiger partial charge >= 0.3 is 12.1 Å². The number of nitrogens with one attached hydrogen (secondary N) is 1. The van der Waals surface area contributed by atoms with Crippen molar-refractivity contribution >= 4 is 23.0 Å². The molecule has 0 aliphatic carbocycles. The van der Waals surface area contributed by atoms with Gasteiger partial charge in [0.2, 0.25) is 0 Å². The van der Waals surface area contributed by atoms with Crippen LogP contribution in [-0.4, -0.2) is 40.6 Å². The number of aryl methyl sites for hydroxylation is 2. The van der Waals surface area contributed by atoms with Gasteiger partial charge in [-0.25, -0.2) is 9.59 Å². The van der Waals surface area contributed by atoms with Gasteiger partial charge in [0.25, 0.3) is 0 Å². The zero-order chi connectivity index (χ0) is 18.8. The lowest BCUT2D eigenvalue weighted by Crippen LogP contribution is -2.45. The third-order valence-corrected chi connectivity index (χ3v) is 3.70. The van der Waals surface area contributed by atoms with E-state index in [0.717, 1.165) is 22.0 Å². The molecule has 25 heavy (non-hydrogen) atoms. The molecule has 0 spiro atoms. The van der Waals surface area contributed by atoms with E-state index in [-0.39, 0.29) is 0 Å². The van der Waals surface area contributed by atoms with Crippen molar-refractivity contribution in [2.24, 2.45) is 7.05 Å². The van der Waals surface area contributed by atoms with E-state index in [9.17, 15) is 9.59 Å². The van der Waals surface area contributed by atoms with Crippen LogP contribution in [0.3, 0.4) is 0 Å². The minimum Gasteiger partial charge on any atom is -0.467 e.